The van der Waals surface area contributed by atoms with E-state index in [4.69, 9.17) is 14.4 Å². The lowest BCUT2D eigenvalue weighted by molar-refractivity contribution is 0.168. The molecule has 0 heterocycles. The first-order valence-electron chi connectivity index (χ1n) is 7.60. The van der Waals surface area contributed by atoms with Gasteiger partial charge in [-0.3, -0.25) is 0 Å². The molecule has 0 fully saturated rings. The van der Waals surface area contributed by atoms with Crippen LogP contribution in [0.4, 0.5) is 0 Å². The quantitative estimate of drug-likeness (QED) is 0.608. The molecule has 5 heteroatoms. The summed E-state index contributed by atoms with van der Waals surface area (Å²) in [5.74, 6) is 0.615. The molecule has 22 heavy (non-hydrogen) atoms. The van der Waals surface area contributed by atoms with Crippen LogP contribution in [-0.2, 0) is 4.43 Å². The molecule has 0 aliphatic heterocycles. The van der Waals surface area contributed by atoms with E-state index in [0.717, 1.165) is 0 Å². The normalized spacial score (nSPS) is 13.5. The van der Waals surface area contributed by atoms with Gasteiger partial charge in [-0.15, -0.1) is 0 Å². The van der Waals surface area contributed by atoms with Crippen molar-refractivity contribution in [1.29, 1.82) is 5.26 Å². The Hall–Kier alpha value is -1.35. The Labute approximate surface area is 134 Å². The Bertz CT molecular complexity index is 517. The van der Waals surface area contributed by atoms with E-state index >= 15 is 0 Å². The Morgan fingerprint density at radius 3 is 2.45 bits per heavy atom. The molecule has 1 aromatic rings. The van der Waals surface area contributed by atoms with Gasteiger partial charge in [0.2, 0.25) is 0 Å². The van der Waals surface area contributed by atoms with Crippen LogP contribution in [-0.4, -0.2) is 26.6 Å². The fraction of sp³-hybridized carbons (Fsp3) is 0.588. The Balaban J connectivity index is 2.58. The number of rotatable bonds is 7. The Morgan fingerprint density at radius 1 is 1.23 bits per heavy atom. The molecule has 0 radical (unpaired) electrons. The largest absolute Gasteiger partial charge is 0.491 e. The minimum atomic E-state index is -1.76. The molecule has 0 bridgehead atoms. The highest BCUT2D eigenvalue weighted by Crippen LogP contribution is 2.36. The summed E-state index contributed by atoms with van der Waals surface area (Å²) < 4.78 is 11.8. The second-order valence-corrected chi connectivity index (χ2v) is 11.7. The number of aliphatic hydroxyl groups excluding tert-OH is 1. The van der Waals surface area contributed by atoms with Crippen LogP contribution < -0.4 is 4.74 Å². The van der Waals surface area contributed by atoms with E-state index in [-0.39, 0.29) is 11.5 Å². The van der Waals surface area contributed by atoms with Crippen molar-refractivity contribution in [3.8, 4) is 11.8 Å². The second-order valence-electron chi connectivity index (χ2n) is 6.87. The van der Waals surface area contributed by atoms with Gasteiger partial charge in [0.1, 0.15) is 12.4 Å². The molecular weight excluding hydrogens is 294 g/mol. The maximum absolute atomic E-state index is 9.97. The number of nitriles is 1. The molecular formula is C17H27NO3Si. The van der Waals surface area contributed by atoms with Gasteiger partial charge in [-0.25, -0.2) is 0 Å². The van der Waals surface area contributed by atoms with Gasteiger partial charge in [0.15, 0.2) is 8.32 Å². The standard InChI is InChI=1S/C17H27NO3Si/c1-17(2,3)22(4,5)21-13-12-20-16-9-7-6-8-14(16)15(19)10-11-18/h6-9,15,19H,10,12-13H2,1-5H3. The summed E-state index contributed by atoms with van der Waals surface area (Å²) in [6.07, 6.45) is -0.761. The van der Waals surface area contributed by atoms with Gasteiger partial charge < -0.3 is 14.3 Å². The minimum Gasteiger partial charge on any atom is -0.491 e. The van der Waals surface area contributed by atoms with E-state index in [1.165, 1.54) is 0 Å². The van der Waals surface area contributed by atoms with Crippen LogP contribution in [0.2, 0.25) is 18.1 Å². The van der Waals surface area contributed by atoms with Crippen molar-refractivity contribution in [2.45, 2.75) is 51.4 Å². The molecule has 1 atom stereocenters. The lowest BCUT2D eigenvalue weighted by Gasteiger charge is -2.36. The molecule has 0 spiro atoms. The summed E-state index contributed by atoms with van der Waals surface area (Å²) in [5.41, 5.74) is 0.649. The number of nitrogens with zero attached hydrogens (tertiary/aromatic N) is 1. The van der Waals surface area contributed by atoms with Gasteiger partial charge in [-0.2, -0.15) is 5.26 Å². The molecule has 1 rings (SSSR count). The number of ether oxygens (including phenoxy) is 1. The number of aliphatic hydroxyl groups is 1. The first kappa shape index (κ1) is 18.7. The molecule has 4 nitrogen and oxygen atoms in total. The van der Waals surface area contributed by atoms with Gasteiger partial charge in [-0.05, 0) is 24.2 Å². The first-order valence-corrected chi connectivity index (χ1v) is 10.5. The van der Waals surface area contributed by atoms with E-state index in [9.17, 15) is 5.11 Å². The molecule has 0 aromatic heterocycles. The van der Waals surface area contributed by atoms with E-state index in [0.29, 0.717) is 24.5 Å². The molecule has 122 valence electrons. The molecule has 0 saturated carbocycles. The number of hydrogen-bond donors (Lipinski definition) is 1. The van der Waals surface area contributed by atoms with Crippen molar-refractivity contribution in [2.75, 3.05) is 13.2 Å². The van der Waals surface area contributed by atoms with E-state index < -0.39 is 14.4 Å². The van der Waals surface area contributed by atoms with Gasteiger partial charge in [0.05, 0.1) is 25.2 Å². The molecule has 1 aromatic carbocycles. The van der Waals surface area contributed by atoms with Crippen LogP contribution in [0.3, 0.4) is 0 Å². The summed E-state index contributed by atoms with van der Waals surface area (Å²) in [6.45, 7) is 12.0. The first-order chi connectivity index (χ1) is 10.2. The van der Waals surface area contributed by atoms with Crippen LogP contribution >= 0.6 is 0 Å². The van der Waals surface area contributed by atoms with Gasteiger partial charge in [0, 0.05) is 5.56 Å². The average Bonchev–Trinajstić information content (AvgIpc) is 2.43. The molecule has 0 aliphatic rings. The average molecular weight is 321 g/mol. The highest BCUT2D eigenvalue weighted by atomic mass is 28.4. The van der Waals surface area contributed by atoms with Gasteiger partial charge in [0.25, 0.3) is 0 Å². The maximum atomic E-state index is 9.97. The summed E-state index contributed by atoms with van der Waals surface area (Å²) in [7, 11) is -1.76. The number of benzene rings is 1. The zero-order valence-corrected chi connectivity index (χ0v) is 15.2. The molecule has 0 saturated heterocycles. The second kappa shape index (κ2) is 7.77. The monoisotopic (exact) mass is 321 g/mol. The molecule has 0 amide bonds. The van der Waals surface area contributed by atoms with Crippen molar-refractivity contribution in [3.63, 3.8) is 0 Å². The molecule has 0 aliphatic carbocycles. The third-order valence-electron chi connectivity index (χ3n) is 4.17. The molecule has 1 N–H and O–H groups in total. The van der Waals surface area contributed by atoms with E-state index in [1.807, 2.05) is 24.3 Å². The highest BCUT2D eigenvalue weighted by molar-refractivity contribution is 6.74. The third kappa shape index (κ3) is 5.13. The SMILES string of the molecule is CC(C)(C)[Si](C)(C)OCCOc1ccccc1C(O)CC#N. The van der Waals surface area contributed by atoms with Crippen LogP contribution in [0.5, 0.6) is 5.75 Å². The van der Waals surface area contributed by atoms with E-state index in [1.54, 1.807) is 6.07 Å². The third-order valence-corrected chi connectivity index (χ3v) is 8.71. The van der Waals surface area contributed by atoms with Crippen LogP contribution in [0, 0.1) is 11.3 Å². The lowest BCUT2D eigenvalue weighted by atomic mass is 10.1. The summed E-state index contributed by atoms with van der Waals surface area (Å²) in [5, 5.41) is 18.8. The number of hydrogen-bond acceptors (Lipinski definition) is 4. The zero-order valence-electron chi connectivity index (χ0n) is 14.2. The van der Waals surface area contributed by atoms with Crippen LogP contribution in [0.25, 0.3) is 0 Å². The van der Waals surface area contributed by atoms with Crippen LogP contribution in [0.15, 0.2) is 24.3 Å². The van der Waals surface area contributed by atoms with Crippen molar-refractivity contribution in [1.82, 2.24) is 0 Å². The summed E-state index contributed by atoms with van der Waals surface area (Å²) in [6, 6.07) is 9.25. The smallest absolute Gasteiger partial charge is 0.192 e. The summed E-state index contributed by atoms with van der Waals surface area (Å²) in [4.78, 5) is 0. The fourth-order valence-corrected chi connectivity index (χ4v) is 2.78. The topological polar surface area (TPSA) is 62.5 Å². The number of para-hydroxylation sites is 1. The summed E-state index contributed by atoms with van der Waals surface area (Å²) >= 11 is 0. The van der Waals surface area contributed by atoms with Crippen LogP contribution in [0.1, 0.15) is 38.9 Å². The van der Waals surface area contributed by atoms with Gasteiger partial charge >= 0.3 is 0 Å². The predicted octanol–water partition coefficient (Wildman–Crippen LogP) is 4.03. The Morgan fingerprint density at radius 2 is 1.86 bits per heavy atom. The van der Waals surface area contributed by atoms with Gasteiger partial charge in [-0.1, -0.05) is 39.0 Å². The van der Waals surface area contributed by atoms with Crippen molar-refractivity contribution in [2.24, 2.45) is 0 Å². The zero-order chi connectivity index (χ0) is 16.8. The molecule has 1 unspecified atom stereocenters. The van der Waals surface area contributed by atoms with Crippen molar-refractivity contribution >= 4 is 8.32 Å². The Kier molecular flexibility index (Phi) is 6.60. The predicted molar refractivity (Wildman–Crippen MR) is 90.3 cm³/mol. The highest BCUT2D eigenvalue weighted by Gasteiger charge is 2.36. The van der Waals surface area contributed by atoms with Crippen molar-refractivity contribution < 1.29 is 14.3 Å². The van der Waals surface area contributed by atoms with E-state index in [2.05, 4.69) is 33.9 Å². The lowest BCUT2D eigenvalue weighted by Crippen LogP contribution is -2.41. The maximum Gasteiger partial charge on any atom is 0.192 e. The minimum absolute atomic E-state index is 0.0564. The van der Waals surface area contributed by atoms with Crippen molar-refractivity contribution in [3.05, 3.63) is 29.8 Å². The fourth-order valence-electron chi connectivity index (χ4n) is 1.75.